The molecule has 3 nitrogen and oxygen atoms in total. The van der Waals surface area contributed by atoms with E-state index >= 15 is 0 Å². The van der Waals surface area contributed by atoms with Crippen LogP contribution in [0.15, 0.2) is 93.1 Å². The molecule has 0 aliphatic rings. The Balaban J connectivity index is 1.34. The molecule has 0 atom stereocenters. The summed E-state index contributed by atoms with van der Waals surface area (Å²) < 4.78 is 1.15. The van der Waals surface area contributed by atoms with E-state index in [1.807, 2.05) is 78.9 Å². The van der Waals surface area contributed by atoms with Crippen molar-refractivity contribution in [2.75, 3.05) is 0 Å². The van der Waals surface area contributed by atoms with E-state index in [-0.39, 0.29) is 5.91 Å². The Bertz CT molecular complexity index is 1160. The summed E-state index contributed by atoms with van der Waals surface area (Å²) in [6.45, 7) is 0. The first-order chi connectivity index (χ1) is 14.2. The third-order valence-corrected chi connectivity index (χ3v) is 6.66. The van der Waals surface area contributed by atoms with Crippen molar-refractivity contribution in [2.24, 2.45) is 5.10 Å². The highest BCUT2D eigenvalue weighted by molar-refractivity contribution is 8.01. The van der Waals surface area contributed by atoms with Gasteiger partial charge in [-0.3, -0.25) is 4.79 Å². The summed E-state index contributed by atoms with van der Waals surface area (Å²) in [5.41, 5.74) is 3.62. The summed E-state index contributed by atoms with van der Waals surface area (Å²) in [7, 11) is 0. The van der Waals surface area contributed by atoms with E-state index in [0.29, 0.717) is 6.42 Å². The van der Waals surface area contributed by atoms with Crippen LogP contribution in [0.2, 0.25) is 5.02 Å². The maximum Gasteiger partial charge on any atom is 0.244 e. The number of nitrogens with zero attached hydrogens (tertiary/aromatic N) is 1. The van der Waals surface area contributed by atoms with Crippen LogP contribution in [0.1, 0.15) is 10.4 Å². The number of hydrogen-bond acceptors (Lipinski definition) is 4. The Morgan fingerprint density at radius 3 is 2.66 bits per heavy atom. The molecular weight excluding hydrogens is 420 g/mol. The number of benzene rings is 3. The topological polar surface area (TPSA) is 41.5 Å². The van der Waals surface area contributed by atoms with Gasteiger partial charge in [0, 0.05) is 14.8 Å². The number of rotatable bonds is 6. The van der Waals surface area contributed by atoms with Crippen LogP contribution >= 0.6 is 34.7 Å². The van der Waals surface area contributed by atoms with E-state index in [4.69, 9.17) is 11.6 Å². The molecule has 1 aromatic heterocycles. The van der Waals surface area contributed by atoms with Crippen molar-refractivity contribution in [3.63, 3.8) is 0 Å². The molecule has 0 unspecified atom stereocenters. The van der Waals surface area contributed by atoms with Crippen molar-refractivity contribution >= 4 is 57.6 Å². The van der Waals surface area contributed by atoms with Gasteiger partial charge in [0.2, 0.25) is 5.91 Å². The summed E-state index contributed by atoms with van der Waals surface area (Å²) in [4.78, 5) is 14.4. The van der Waals surface area contributed by atoms with Gasteiger partial charge in [0.25, 0.3) is 0 Å². The van der Waals surface area contributed by atoms with E-state index in [1.165, 1.54) is 0 Å². The van der Waals surface area contributed by atoms with E-state index in [0.717, 1.165) is 35.3 Å². The van der Waals surface area contributed by atoms with Gasteiger partial charge in [-0.1, -0.05) is 65.8 Å². The fourth-order valence-corrected chi connectivity index (χ4v) is 5.02. The largest absolute Gasteiger partial charge is 0.273 e. The minimum Gasteiger partial charge on any atom is -0.273 e. The lowest BCUT2D eigenvalue weighted by Crippen LogP contribution is -2.19. The molecule has 0 saturated carbocycles. The normalized spacial score (nSPS) is 11.2. The van der Waals surface area contributed by atoms with E-state index in [1.54, 1.807) is 29.3 Å². The minimum atomic E-state index is -0.134. The Labute approximate surface area is 182 Å². The average molecular weight is 437 g/mol. The first-order valence-electron chi connectivity index (χ1n) is 8.99. The van der Waals surface area contributed by atoms with Crippen molar-refractivity contribution in [1.29, 1.82) is 0 Å². The van der Waals surface area contributed by atoms with Crippen LogP contribution in [0.3, 0.4) is 0 Å². The monoisotopic (exact) mass is 436 g/mol. The third-order valence-electron chi connectivity index (χ3n) is 4.25. The highest BCUT2D eigenvalue weighted by atomic mass is 35.5. The summed E-state index contributed by atoms with van der Waals surface area (Å²) in [6.07, 6.45) is 1.97. The molecule has 0 bridgehead atoms. The molecule has 6 heteroatoms. The standard InChI is InChI=1S/C23H17ClN2OS2/c24-18-8-10-19(11-9-18)28-23-13-12-20(29-23)15-25-26-22(27)14-17-6-3-5-16-4-1-2-7-21(16)17/h1-13,15H,14H2,(H,26,27)/b25-15-. The number of hydrazone groups is 1. The Kier molecular flexibility index (Phi) is 6.30. The number of carbonyl (C=O) groups is 1. The quantitative estimate of drug-likeness (QED) is 0.280. The first kappa shape index (κ1) is 19.7. The van der Waals surface area contributed by atoms with Gasteiger partial charge in [0.05, 0.1) is 16.8 Å². The molecular formula is C23H17ClN2OS2. The zero-order chi connectivity index (χ0) is 20.1. The van der Waals surface area contributed by atoms with Crippen molar-refractivity contribution in [2.45, 2.75) is 15.5 Å². The van der Waals surface area contributed by atoms with Crippen LogP contribution in [0.4, 0.5) is 0 Å². The van der Waals surface area contributed by atoms with Crippen LogP contribution in [0.25, 0.3) is 10.8 Å². The molecule has 0 spiro atoms. The first-order valence-corrected chi connectivity index (χ1v) is 11.0. The highest BCUT2D eigenvalue weighted by Gasteiger charge is 2.06. The van der Waals surface area contributed by atoms with Gasteiger partial charge < -0.3 is 0 Å². The molecule has 1 heterocycles. The summed E-state index contributed by atoms with van der Waals surface area (Å²) in [6, 6.07) is 25.8. The number of halogens is 1. The molecule has 4 rings (SSSR count). The zero-order valence-corrected chi connectivity index (χ0v) is 17.7. The molecule has 0 radical (unpaired) electrons. The number of carbonyl (C=O) groups excluding carboxylic acids is 1. The van der Waals surface area contributed by atoms with E-state index < -0.39 is 0 Å². The lowest BCUT2D eigenvalue weighted by Gasteiger charge is -2.05. The maximum absolute atomic E-state index is 12.3. The molecule has 0 saturated heterocycles. The van der Waals surface area contributed by atoms with Crippen LogP contribution in [0.5, 0.6) is 0 Å². The van der Waals surface area contributed by atoms with Gasteiger partial charge in [0.1, 0.15) is 0 Å². The van der Waals surface area contributed by atoms with Crippen LogP contribution in [0, 0.1) is 0 Å². The highest BCUT2D eigenvalue weighted by Crippen LogP contribution is 2.33. The Morgan fingerprint density at radius 2 is 1.79 bits per heavy atom. The number of amides is 1. The van der Waals surface area contributed by atoms with Crippen LogP contribution in [-0.2, 0) is 11.2 Å². The van der Waals surface area contributed by atoms with Gasteiger partial charge in [0.15, 0.2) is 0 Å². The molecule has 144 valence electrons. The minimum absolute atomic E-state index is 0.134. The summed E-state index contributed by atoms with van der Waals surface area (Å²) in [5.74, 6) is -0.134. The summed E-state index contributed by atoms with van der Waals surface area (Å²) in [5, 5.41) is 7.06. The lowest BCUT2D eigenvalue weighted by atomic mass is 10.0. The SMILES string of the molecule is O=C(Cc1cccc2ccccc12)N/N=C\c1ccc(Sc2ccc(Cl)cc2)s1. The second kappa shape index (κ2) is 9.27. The Hall–Kier alpha value is -2.60. The van der Waals surface area contributed by atoms with Gasteiger partial charge in [-0.2, -0.15) is 5.10 Å². The van der Waals surface area contributed by atoms with Crippen LogP contribution < -0.4 is 5.43 Å². The van der Waals surface area contributed by atoms with Crippen molar-refractivity contribution in [3.05, 3.63) is 94.3 Å². The van der Waals surface area contributed by atoms with Gasteiger partial charge >= 0.3 is 0 Å². The fourth-order valence-electron chi connectivity index (χ4n) is 2.90. The maximum atomic E-state index is 12.3. The zero-order valence-electron chi connectivity index (χ0n) is 15.3. The van der Waals surface area contributed by atoms with Gasteiger partial charge in [-0.15, -0.1) is 11.3 Å². The van der Waals surface area contributed by atoms with E-state index in [9.17, 15) is 4.79 Å². The van der Waals surface area contributed by atoms with E-state index in [2.05, 4.69) is 10.5 Å². The lowest BCUT2D eigenvalue weighted by molar-refractivity contribution is -0.120. The van der Waals surface area contributed by atoms with Crippen LogP contribution in [-0.4, -0.2) is 12.1 Å². The molecule has 29 heavy (non-hydrogen) atoms. The third kappa shape index (κ3) is 5.26. The van der Waals surface area contributed by atoms with Gasteiger partial charge in [-0.05, 0) is 52.7 Å². The predicted molar refractivity (Wildman–Crippen MR) is 123 cm³/mol. The average Bonchev–Trinajstić information content (AvgIpc) is 3.17. The number of fused-ring (bicyclic) bond motifs is 1. The Morgan fingerprint density at radius 1 is 1.00 bits per heavy atom. The smallest absolute Gasteiger partial charge is 0.244 e. The van der Waals surface area contributed by atoms with Crippen molar-refractivity contribution in [3.8, 4) is 0 Å². The molecule has 0 aliphatic carbocycles. The van der Waals surface area contributed by atoms with Crippen molar-refractivity contribution in [1.82, 2.24) is 5.43 Å². The van der Waals surface area contributed by atoms with Gasteiger partial charge in [-0.25, -0.2) is 5.43 Å². The van der Waals surface area contributed by atoms with Crippen molar-refractivity contribution < 1.29 is 4.79 Å². The molecule has 3 aromatic carbocycles. The number of hydrogen-bond donors (Lipinski definition) is 1. The molecule has 1 N–H and O–H groups in total. The second-order valence-electron chi connectivity index (χ2n) is 6.32. The number of thiophene rings is 1. The molecule has 0 aliphatic heterocycles. The molecule has 4 aromatic rings. The number of nitrogens with one attached hydrogen (secondary N) is 1. The fraction of sp³-hybridized carbons (Fsp3) is 0.0435. The molecule has 0 fully saturated rings. The molecule has 1 amide bonds. The second-order valence-corrected chi connectivity index (χ2v) is 9.25. The predicted octanol–water partition coefficient (Wildman–Crippen LogP) is 6.40. The summed E-state index contributed by atoms with van der Waals surface area (Å²) >= 11 is 9.21.